The lowest BCUT2D eigenvalue weighted by Crippen LogP contribution is -2.30. The van der Waals surface area contributed by atoms with E-state index in [9.17, 15) is 4.79 Å². The number of hydrogen-bond donors (Lipinski definition) is 2. The van der Waals surface area contributed by atoms with Gasteiger partial charge in [-0.1, -0.05) is 54.6 Å². The summed E-state index contributed by atoms with van der Waals surface area (Å²) in [7, 11) is 0. The molecule has 4 nitrogen and oxygen atoms in total. The Kier molecular flexibility index (Phi) is 5.30. The third-order valence-electron chi connectivity index (χ3n) is 3.66. The fraction of sp³-hybridized carbons (Fsp3) is 0.150. The van der Waals surface area contributed by atoms with Crippen molar-refractivity contribution in [2.24, 2.45) is 0 Å². The molecular formula is C20H20N2O2. The van der Waals surface area contributed by atoms with Gasteiger partial charge in [-0.15, -0.1) is 0 Å². The molecular weight excluding hydrogens is 300 g/mol. The van der Waals surface area contributed by atoms with Crippen molar-refractivity contribution >= 4 is 22.5 Å². The third-order valence-corrected chi connectivity index (χ3v) is 3.66. The number of para-hydroxylation sites is 1. The van der Waals surface area contributed by atoms with Crippen molar-refractivity contribution in [2.45, 2.75) is 6.42 Å². The molecule has 0 saturated heterocycles. The molecule has 122 valence electrons. The second-order valence-electron chi connectivity index (χ2n) is 5.42. The van der Waals surface area contributed by atoms with Crippen LogP contribution in [0.25, 0.3) is 10.8 Å². The summed E-state index contributed by atoms with van der Waals surface area (Å²) in [4.78, 5) is 12.0. The normalized spacial score (nSPS) is 10.3. The van der Waals surface area contributed by atoms with Gasteiger partial charge in [-0.25, -0.2) is 4.79 Å². The summed E-state index contributed by atoms with van der Waals surface area (Å²) in [6.07, 6.45) is 0.748. The van der Waals surface area contributed by atoms with Gasteiger partial charge >= 0.3 is 6.03 Å². The van der Waals surface area contributed by atoms with E-state index in [0.29, 0.717) is 13.2 Å². The Morgan fingerprint density at radius 2 is 1.62 bits per heavy atom. The van der Waals surface area contributed by atoms with Crippen LogP contribution in [-0.4, -0.2) is 19.2 Å². The lowest BCUT2D eigenvalue weighted by atomic mass is 10.1. The number of carbonyl (C=O) groups is 1. The number of rotatable bonds is 6. The average molecular weight is 320 g/mol. The summed E-state index contributed by atoms with van der Waals surface area (Å²) in [5.74, 6) is 0.845. The summed E-state index contributed by atoms with van der Waals surface area (Å²) in [6.45, 7) is 1.13. The van der Waals surface area contributed by atoms with Gasteiger partial charge in [-0.3, -0.25) is 0 Å². The lowest BCUT2D eigenvalue weighted by Gasteiger charge is -2.10. The van der Waals surface area contributed by atoms with E-state index in [1.807, 2.05) is 72.8 Å². The Balaban J connectivity index is 1.44. The summed E-state index contributed by atoms with van der Waals surface area (Å²) in [5, 5.41) is 7.89. The maximum atomic E-state index is 12.0. The number of urea groups is 1. The highest BCUT2D eigenvalue weighted by Gasteiger charge is 2.04. The van der Waals surface area contributed by atoms with Crippen LogP contribution in [0.4, 0.5) is 10.5 Å². The standard InChI is InChI=1S/C20H20N2O2/c23-20(21-14-7-15-24-17-10-2-1-3-11-17)22-19-13-6-9-16-8-4-5-12-18(16)19/h1-6,8-13H,7,14-15H2,(H2,21,22,23). The van der Waals surface area contributed by atoms with Gasteiger partial charge in [-0.05, 0) is 30.0 Å². The molecule has 0 saturated carbocycles. The number of nitrogens with one attached hydrogen (secondary N) is 2. The molecule has 0 aliphatic carbocycles. The first-order valence-electron chi connectivity index (χ1n) is 8.03. The van der Waals surface area contributed by atoms with Crippen molar-refractivity contribution in [1.82, 2.24) is 5.32 Å². The van der Waals surface area contributed by atoms with Gasteiger partial charge in [0, 0.05) is 11.9 Å². The van der Waals surface area contributed by atoms with Gasteiger partial charge in [0.1, 0.15) is 5.75 Å². The molecule has 0 aliphatic heterocycles. The minimum absolute atomic E-state index is 0.203. The molecule has 0 radical (unpaired) electrons. The van der Waals surface area contributed by atoms with Gasteiger partial charge in [0.15, 0.2) is 0 Å². The van der Waals surface area contributed by atoms with Gasteiger partial charge in [0.25, 0.3) is 0 Å². The Hall–Kier alpha value is -3.01. The third kappa shape index (κ3) is 4.26. The molecule has 0 bridgehead atoms. The molecule has 0 unspecified atom stereocenters. The molecule has 2 amide bonds. The molecule has 3 aromatic rings. The summed E-state index contributed by atoms with van der Waals surface area (Å²) in [5.41, 5.74) is 0.811. The molecule has 2 N–H and O–H groups in total. The number of carbonyl (C=O) groups excluding carboxylic acids is 1. The van der Waals surface area contributed by atoms with Gasteiger partial charge in [0.05, 0.1) is 12.3 Å². The van der Waals surface area contributed by atoms with E-state index in [4.69, 9.17) is 4.74 Å². The number of fused-ring (bicyclic) bond motifs is 1. The first kappa shape index (κ1) is 15.9. The van der Waals surface area contributed by atoms with Crippen molar-refractivity contribution in [3.8, 4) is 5.75 Å². The molecule has 0 spiro atoms. The predicted octanol–water partition coefficient (Wildman–Crippen LogP) is 4.43. The Morgan fingerprint density at radius 1 is 0.875 bits per heavy atom. The van der Waals surface area contributed by atoms with Gasteiger partial charge in [-0.2, -0.15) is 0 Å². The van der Waals surface area contributed by atoms with Crippen molar-refractivity contribution in [2.75, 3.05) is 18.5 Å². The van der Waals surface area contributed by atoms with Crippen molar-refractivity contribution in [3.63, 3.8) is 0 Å². The van der Waals surface area contributed by atoms with Crippen LogP contribution in [0.1, 0.15) is 6.42 Å². The van der Waals surface area contributed by atoms with E-state index in [2.05, 4.69) is 10.6 Å². The molecule has 3 rings (SSSR count). The van der Waals surface area contributed by atoms with E-state index < -0.39 is 0 Å². The van der Waals surface area contributed by atoms with Crippen LogP contribution < -0.4 is 15.4 Å². The zero-order chi connectivity index (χ0) is 16.6. The first-order valence-corrected chi connectivity index (χ1v) is 8.03. The van der Waals surface area contributed by atoms with Crippen molar-refractivity contribution in [3.05, 3.63) is 72.8 Å². The van der Waals surface area contributed by atoms with Crippen LogP contribution in [-0.2, 0) is 0 Å². The van der Waals surface area contributed by atoms with Crippen LogP contribution in [0, 0.1) is 0 Å². The van der Waals surface area contributed by atoms with Crippen LogP contribution in [0.3, 0.4) is 0 Å². The highest BCUT2D eigenvalue weighted by atomic mass is 16.5. The molecule has 0 aliphatic rings. The minimum Gasteiger partial charge on any atom is -0.494 e. The number of amides is 2. The zero-order valence-corrected chi connectivity index (χ0v) is 13.4. The van der Waals surface area contributed by atoms with Gasteiger partial charge in [0.2, 0.25) is 0 Å². The molecule has 0 fully saturated rings. The van der Waals surface area contributed by atoms with Gasteiger partial charge < -0.3 is 15.4 Å². The zero-order valence-electron chi connectivity index (χ0n) is 13.4. The Labute approximate surface area is 141 Å². The van der Waals surface area contributed by atoms with Crippen LogP contribution >= 0.6 is 0 Å². The highest BCUT2D eigenvalue weighted by molar-refractivity contribution is 6.01. The fourth-order valence-corrected chi connectivity index (χ4v) is 2.48. The maximum Gasteiger partial charge on any atom is 0.319 e. The van der Waals surface area contributed by atoms with E-state index in [-0.39, 0.29) is 6.03 Å². The SMILES string of the molecule is O=C(NCCCOc1ccccc1)Nc1cccc2ccccc12. The number of benzene rings is 3. The topological polar surface area (TPSA) is 50.4 Å². The predicted molar refractivity (Wildman–Crippen MR) is 97.5 cm³/mol. The van der Waals surface area contributed by atoms with Crippen LogP contribution in [0.15, 0.2) is 72.8 Å². The van der Waals surface area contributed by atoms with Crippen molar-refractivity contribution < 1.29 is 9.53 Å². The Bertz CT molecular complexity index is 798. The number of anilines is 1. The van der Waals surface area contributed by atoms with Crippen LogP contribution in [0.5, 0.6) is 5.75 Å². The number of ether oxygens (including phenoxy) is 1. The molecule has 4 heteroatoms. The Morgan fingerprint density at radius 3 is 2.50 bits per heavy atom. The highest BCUT2D eigenvalue weighted by Crippen LogP contribution is 2.22. The van der Waals surface area contributed by atoms with Crippen molar-refractivity contribution in [1.29, 1.82) is 0 Å². The average Bonchev–Trinajstić information content (AvgIpc) is 2.63. The monoisotopic (exact) mass is 320 g/mol. The second kappa shape index (κ2) is 8.02. The number of hydrogen-bond acceptors (Lipinski definition) is 2. The summed E-state index contributed by atoms with van der Waals surface area (Å²) in [6, 6.07) is 23.3. The second-order valence-corrected chi connectivity index (χ2v) is 5.42. The summed E-state index contributed by atoms with van der Waals surface area (Å²) >= 11 is 0. The quantitative estimate of drug-likeness (QED) is 0.660. The molecule has 3 aromatic carbocycles. The minimum atomic E-state index is -0.203. The summed E-state index contributed by atoms with van der Waals surface area (Å²) < 4.78 is 5.59. The van der Waals surface area contributed by atoms with E-state index in [0.717, 1.165) is 28.6 Å². The molecule has 24 heavy (non-hydrogen) atoms. The van der Waals surface area contributed by atoms with E-state index in [1.54, 1.807) is 0 Å². The smallest absolute Gasteiger partial charge is 0.319 e. The lowest BCUT2D eigenvalue weighted by molar-refractivity contribution is 0.250. The maximum absolute atomic E-state index is 12.0. The molecule has 0 heterocycles. The van der Waals surface area contributed by atoms with Crippen LogP contribution in [0.2, 0.25) is 0 Å². The van der Waals surface area contributed by atoms with E-state index >= 15 is 0 Å². The van der Waals surface area contributed by atoms with E-state index in [1.165, 1.54) is 0 Å². The fourth-order valence-electron chi connectivity index (χ4n) is 2.48. The molecule has 0 aromatic heterocycles. The largest absolute Gasteiger partial charge is 0.494 e. The first-order chi connectivity index (χ1) is 11.8. The molecule has 0 atom stereocenters.